The first kappa shape index (κ1) is 18.0. The first-order chi connectivity index (χ1) is 12.6. The highest BCUT2D eigenvalue weighted by atomic mass is 16.5. The number of nitrogens with zero attached hydrogens (tertiary/aromatic N) is 3. The van der Waals surface area contributed by atoms with Gasteiger partial charge in [0.25, 0.3) is 0 Å². The van der Waals surface area contributed by atoms with E-state index in [-0.39, 0.29) is 6.54 Å². The fourth-order valence-electron chi connectivity index (χ4n) is 2.69. The fraction of sp³-hybridized carbons (Fsp3) is 0.412. The van der Waals surface area contributed by atoms with Crippen LogP contribution in [0.25, 0.3) is 10.9 Å². The molecule has 1 aromatic heterocycles. The molecule has 1 aliphatic rings. The molecule has 0 spiro atoms. The molecule has 0 atom stereocenters. The highest BCUT2D eigenvalue weighted by Crippen LogP contribution is 2.20. The van der Waals surface area contributed by atoms with Crippen LogP contribution in [0.1, 0.15) is 5.82 Å². The number of nitrogens with one attached hydrogen (secondary N) is 2. The number of ether oxygens (including phenoxy) is 1. The van der Waals surface area contributed by atoms with Gasteiger partial charge in [0.05, 0.1) is 31.8 Å². The highest BCUT2D eigenvalue weighted by Gasteiger charge is 2.15. The minimum absolute atomic E-state index is 0.0642. The molecule has 1 fully saturated rings. The molecule has 138 valence electrons. The van der Waals surface area contributed by atoms with E-state index in [9.17, 15) is 9.59 Å². The Bertz CT molecular complexity index is 792. The van der Waals surface area contributed by atoms with Crippen LogP contribution in [-0.4, -0.2) is 71.2 Å². The Morgan fingerprint density at radius 3 is 2.69 bits per heavy atom. The van der Waals surface area contributed by atoms with Gasteiger partial charge in [0, 0.05) is 18.5 Å². The summed E-state index contributed by atoms with van der Waals surface area (Å²) in [7, 11) is 0. The average molecular weight is 359 g/mol. The number of carboxylic acid groups (broad SMARTS) is 1. The Balaban J connectivity index is 1.74. The van der Waals surface area contributed by atoms with Crippen molar-refractivity contribution in [3.05, 3.63) is 30.1 Å². The topological polar surface area (TPSA) is 117 Å². The van der Waals surface area contributed by atoms with Gasteiger partial charge < -0.3 is 20.5 Å². The quantitative estimate of drug-likeness (QED) is 0.636. The number of para-hydroxylation sites is 1. The summed E-state index contributed by atoms with van der Waals surface area (Å²) in [4.78, 5) is 33.7. The molecule has 0 bridgehead atoms. The number of morpholine rings is 1. The van der Waals surface area contributed by atoms with E-state index in [2.05, 4.69) is 25.5 Å². The Morgan fingerprint density at radius 1 is 1.15 bits per heavy atom. The molecule has 26 heavy (non-hydrogen) atoms. The average Bonchev–Trinajstić information content (AvgIpc) is 2.65. The highest BCUT2D eigenvalue weighted by molar-refractivity contribution is 5.91. The summed E-state index contributed by atoms with van der Waals surface area (Å²) in [6.07, 6.45) is 0. The second-order valence-corrected chi connectivity index (χ2v) is 5.92. The molecule has 1 saturated heterocycles. The lowest BCUT2D eigenvalue weighted by atomic mass is 10.2. The van der Waals surface area contributed by atoms with E-state index >= 15 is 0 Å². The number of carbonyl (C=O) groups excluding carboxylic acids is 1. The number of carboxylic acids is 1. The number of anilines is 1. The number of aliphatic carboxylic acids is 1. The van der Waals surface area contributed by atoms with E-state index in [0.717, 1.165) is 24.0 Å². The van der Waals surface area contributed by atoms with Crippen LogP contribution in [0.15, 0.2) is 24.3 Å². The molecule has 0 aliphatic carbocycles. The minimum Gasteiger partial charge on any atom is -0.480 e. The molecule has 0 unspecified atom stereocenters. The Hall–Kier alpha value is -2.78. The lowest BCUT2D eigenvalue weighted by Gasteiger charge is -2.26. The van der Waals surface area contributed by atoms with Gasteiger partial charge in [-0.1, -0.05) is 12.1 Å². The van der Waals surface area contributed by atoms with Gasteiger partial charge in [0.15, 0.2) is 0 Å². The van der Waals surface area contributed by atoms with E-state index in [1.165, 1.54) is 0 Å². The Labute approximate surface area is 150 Å². The third-order valence-corrected chi connectivity index (χ3v) is 3.97. The second-order valence-electron chi connectivity index (χ2n) is 5.92. The molecule has 3 rings (SSSR count). The van der Waals surface area contributed by atoms with Crippen LogP contribution in [0.5, 0.6) is 0 Å². The van der Waals surface area contributed by atoms with E-state index in [4.69, 9.17) is 9.84 Å². The zero-order valence-electron chi connectivity index (χ0n) is 14.3. The number of amides is 1. The largest absolute Gasteiger partial charge is 0.480 e. The molecule has 1 amide bonds. The molecule has 9 nitrogen and oxygen atoms in total. The van der Waals surface area contributed by atoms with Gasteiger partial charge in [-0.3, -0.25) is 14.5 Å². The van der Waals surface area contributed by atoms with Crippen LogP contribution in [0, 0.1) is 0 Å². The molecule has 0 radical (unpaired) electrons. The molecule has 1 aromatic carbocycles. The lowest BCUT2D eigenvalue weighted by molar-refractivity contribution is -0.137. The Morgan fingerprint density at radius 2 is 1.92 bits per heavy atom. The van der Waals surface area contributed by atoms with Crippen LogP contribution in [-0.2, 0) is 20.9 Å². The van der Waals surface area contributed by atoms with E-state index < -0.39 is 18.4 Å². The third-order valence-electron chi connectivity index (χ3n) is 3.97. The summed E-state index contributed by atoms with van der Waals surface area (Å²) in [6, 6.07) is 7.56. The van der Waals surface area contributed by atoms with Crippen molar-refractivity contribution in [1.29, 1.82) is 0 Å². The van der Waals surface area contributed by atoms with Crippen molar-refractivity contribution in [2.45, 2.75) is 6.54 Å². The van der Waals surface area contributed by atoms with Crippen LogP contribution in [0.3, 0.4) is 0 Å². The van der Waals surface area contributed by atoms with Crippen LogP contribution in [0.4, 0.5) is 5.82 Å². The van der Waals surface area contributed by atoms with Crippen molar-refractivity contribution in [1.82, 2.24) is 20.2 Å². The standard InChI is InChI=1S/C17H21N5O4/c23-15(18-10-16(24)25)9-19-17-12-3-1-2-4-13(12)20-14(21-17)11-22-5-7-26-8-6-22/h1-4H,5-11H2,(H,18,23)(H,24,25)(H,19,20,21). The van der Waals surface area contributed by atoms with Crippen molar-refractivity contribution in [3.63, 3.8) is 0 Å². The number of hydrogen-bond donors (Lipinski definition) is 3. The zero-order valence-corrected chi connectivity index (χ0v) is 14.3. The summed E-state index contributed by atoms with van der Waals surface area (Å²) >= 11 is 0. The van der Waals surface area contributed by atoms with Crippen molar-refractivity contribution >= 4 is 28.6 Å². The van der Waals surface area contributed by atoms with E-state index in [0.29, 0.717) is 31.4 Å². The summed E-state index contributed by atoms with van der Waals surface area (Å²) in [6.45, 7) is 3.19. The number of aromatic nitrogens is 2. The van der Waals surface area contributed by atoms with Gasteiger partial charge in [-0.25, -0.2) is 9.97 Å². The van der Waals surface area contributed by atoms with Gasteiger partial charge >= 0.3 is 5.97 Å². The number of carbonyl (C=O) groups is 2. The summed E-state index contributed by atoms with van der Waals surface area (Å²) in [5.74, 6) is -0.271. The van der Waals surface area contributed by atoms with E-state index in [1.54, 1.807) is 0 Å². The van der Waals surface area contributed by atoms with Gasteiger partial charge in [-0.05, 0) is 12.1 Å². The van der Waals surface area contributed by atoms with Crippen molar-refractivity contribution in [3.8, 4) is 0 Å². The molecular formula is C17H21N5O4. The van der Waals surface area contributed by atoms with Crippen molar-refractivity contribution in [2.24, 2.45) is 0 Å². The number of rotatable bonds is 7. The molecular weight excluding hydrogens is 338 g/mol. The maximum Gasteiger partial charge on any atom is 0.322 e. The minimum atomic E-state index is -1.08. The third kappa shape index (κ3) is 4.87. The van der Waals surface area contributed by atoms with Gasteiger partial charge in [0.2, 0.25) is 5.91 Å². The smallest absolute Gasteiger partial charge is 0.322 e. The van der Waals surface area contributed by atoms with Crippen LogP contribution < -0.4 is 10.6 Å². The molecule has 3 N–H and O–H groups in total. The normalized spacial score (nSPS) is 14.9. The summed E-state index contributed by atoms with van der Waals surface area (Å²) in [5.41, 5.74) is 0.791. The molecule has 2 heterocycles. The Kier molecular flexibility index (Phi) is 5.92. The summed E-state index contributed by atoms with van der Waals surface area (Å²) in [5, 5.41) is 14.7. The maximum atomic E-state index is 11.8. The van der Waals surface area contributed by atoms with Gasteiger partial charge in [-0.15, -0.1) is 0 Å². The first-order valence-electron chi connectivity index (χ1n) is 8.40. The number of hydrogen-bond acceptors (Lipinski definition) is 7. The summed E-state index contributed by atoms with van der Waals surface area (Å²) < 4.78 is 5.36. The van der Waals surface area contributed by atoms with Crippen LogP contribution >= 0.6 is 0 Å². The first-order valence-corrected chi connectivity index (χ1v) is 8.40. The molecule has 9 heteroatoms. The predicted molar refractivity (Wildman–Crippen MR) is 94.8 cm³/mol. The number of benzene rings is 1. The molecule has 1 aliphatic heterocycles. The monoisotopic (exact) mass is 359 g/mol. The van der Waals surface area contributed by atoms with Gasteiger partial charge in [-0.2, -0.15) is 0 Å². The van der Waals surface area contributed by atoms with Crippen molar-refractivity contribution < 1.29 is 19.4 Å². The van der Waals surface area contributed by atoms with Gasteiger partial charge in [0.1, 0.15) is 18.2 Å². The molecule has 2 aromatic rings. The predicted octanol–water partition coefficient (Wildman–Crippen LogP) is 0.0747. The van der Waals surface area contributed by atoms with Crippen molar-refractivity contribution in [2.75, 3.05) is 44.7 Å². The molecule has 0 saturated carbocycles. The number of fused-ring (bicyclic) bond motifs is 1. The lowest BCUT2D eigenvalue weighted by Crippen LogP contribution is -2.36. The fourth-order valence-corrected chi connectivity index (χ4v) is 2.69. The van der Waals surface area contributed by atoms with Crippen LogP contribution in [0.2, 0.25) is 0 Å². The maximum absolute atomic E-state index is 11.8. The van der Waals surface area contributed by atoms with E-state index in [1.807, 2.05) is 24.3 Å². The SMILES string of the molecule is O=C(O)CNC(=O)CNc1nc(CN2CCOCC2)nc2ccccc12. The zero-order chi connectivity index (χ0) is 18.4. The second kappa shape index (κ2) is 8.54.